The first-order chi connectivity index (χ1) is 8.15. The quantitative estimate of drug-likeness (QED) is 0.806. The van der Waals surface area contributed by atoms with Crippen LogP contribution < -0.4 is 5.73 Å². The van der Waals surface area contributed by atoms with E-state index in [0.717, 1.165) is 31.5 Å². The lowest BCUT2D eigenvalue weighted by Crippen LogP contribution is -2.46. The molecule has 94 valence electrons. The highest BCUT2D eigenvalue weighted by Crippen LogP contribution is 2.51. The number of hydrogen-bond donors (Lipinski definition) is 2. The molecule has 0 radical (unpaired) electrons. The number of nitrogens with zero attached hydrogens (tertiary/aromatic N) is 2. The Labute approximate surface area is 101 Å². The van der Waals surface area contributed by atoms with Crippen molar-refractivity contribution in [1.29, 1.82) is 0 Å². The molecular weight excluding hydrogens is 218 g/mol. The van der Waals surface area contributed by atoms with Crippen LogP contribution >= 0.6 is 0 Å². The van der Waals surface area contributed by atoms with E-state index in [0.29, 0.717) is 6.54 Å². The molecular formula is C12H19N3O2. The van der Waals surface area contributed by atoms with Gasteiger partial charge in [-0.05, 0) is 25.8 Å². The van der Waals surface area contributed by atoms with Crippen LogP contribution in [-0.2, 0) is 11.3 Å². The second kappa shape index (κ2) is 4.49. The lowest BCUT2D eigenvalue weighted by molar-refractivity contribution is -0.156. The number of carbonyl (C=O) groups is 1. The summed E-state index contributed by atoms with van der Waals surface area (Å²) >= 11 is 0. The first kappa shape index (κ1) is 12.1. The van der Waals surface area contributed by atoms with Crippen LogP contribution in [0.25, 0.3) is 0 Å². The monoisotopic (exact) mass is 237 g/mol. The molecule has 0 saturated heterocycles. The van der Waals surface area contributed by atoms with Gasteiger partial charge in [-0.15, -0.1) is 0 Å². The maximum absolute atomic E-state index is 11.5. The fraction of sp³-hybridized carbons (Fsp3) is 0.667. The number of rotatable bonds is 5. The van der Waals surface area contributed by atoms with Gasteiger partial charge < -0.3 is 10.8 Å². The van der Waals surface area contributed by atoms with Crippen LogP contribution in [0.2, 0.25) is 0 Å². The minimum Gasteiger partial charge on any atom is -0.481 e. The minimum absolute atomic E-state index is 0.129. The molecule has 1 aromatic heterocycles. The van der Waals surface area contributed by atoms with E-state index >= 15 is 0 Å². The van der Waals surface area contributed by atoms with Gasteiger partial charge in [0.05, 0.1) is 5.41 Å². The molecule has 5 heteroatoms. The van der Waals surface area contributed by atoms with E-state index in [2.05, 4.69) is 5.10 Å². The highest BCUT2D eigenvalue weighted by molar-refractivity contribution is 5.77. The molecule has 1 saturated carbocycles. The average Bonchev–Trinajstić information content (AvgIpc) is 2.69. The van der Waals surface area contributed by atoms with Crippen molar-refractivity contribution in [2.45, 2.75) is 38.6 Å². The van der Waals surface area contributed by atoms with Gasteiger partial charge in [0.15, 0.2) is 0 Å². The number of aliphatic carboxylic acids is 1. The molecule has 0 aliphatic heterocycles. The van der Waals surface area contributed by atoms with Gasteiger partial charge >= 0.3 is 5.97 Å². The van der Waals surface area contributed by atoms with E-state index in [-0.39, 0.29) is 5.92 Å². The Morgan fingerprint density at radius 2 is 2.41 bits per heavy atom. The normalized spacial score (nSPS) is 19.6. The summed E-state index contributed by atoms with van der Waals surface area (Å²) in [6, 6.07) is 1.89. The van der Waals surface area contributed by atoms with E-state index in [9.17, 15) is 9.90 Å². The maximum atomic E-state index is 11.5. The molecule has 5 nitrogen and oxygen atoms in total. The first-order valence-electron chi connectivity index (χ1n) is 6.11. The van der Waals surface area contributed by atoms with Crippen LogP contribution in [0.1, 0.15) is 37.8 Å². The van der Waals surface area contributed by atoms with E-state index < -0.39 is 11.4 Å². The summed E-state index contributed by atoms with van der Waals surface area (Å²) in [5.74, 6) is -0.848. The first-order valence-corrected chi connectivity index (χ1v) is 6.11. The van der Waals surface area contributed by atoms with Gasteiger partial charge in [0, 0.05) is 30.9 Å². The predicted molar refractivity (Wildman–Crippen MR) is 63.6 cm³/mol. The lowest BCUT2D eigenvalue weighted by atomic mass is 9.60. The van der Waals surface area contributed by atoms with Gasteiger partial charge in [-0.25, -0.2) is 0 Å². The second-order valence-corrected chi connectivity index (χ2v) is 4.67. The van der Waals surface area contributed by atoms with Crippen molar-refractivity contribution in [3.8, 4) is 0 Å². The van der Waals surface area contributed by atoms with Gasteiger partial charge in [0.2, 0.25) is 0 Å². The van der Waals surface area contributed by atoms with Crippen molar-refractivity contribution < 1.29 is 9.90 Å². The Balaban J connectivity index is 2.36. The number of aryl methyl sites for hydroxylation is 1. The third-order valence-corrected chi connectivity index (χ3v) is 3.98. The molecule has 0 aromatic carbocycles. The second-order valence-electron chi connectivity index (χ2n) is 4.67. The van der Waals surface area contributed by atoms with Crippen LogP contribution in [0.15, 0.2) is 12.3 Å². The SMILES string of the molecule is CCn1nccc1[C@H](CN)C1(C(=O)O)CCC1. The number of hydrogen-bond acceptors (Lipinski definition) is 3. The summed E-state index contributed by atoms with van der Waals surface area (Å²) in [6.45, 7) is 3.10. The van der Waals surface area contributed by atoms with Crippen molar-refractivity contribution in [1.82, 2.24) is 9.78 Å². The van der Waals surface area contributed by atoms with Crippen LogP contribution in [0.5, 0.6) is 0 Å². The van der Waals surface area contributed by atoms with Crippen molar-refractivity contribution in [3.05, 3.63) is 18.0 Å². The summed E-state index contributed by atoms with van der Waals surface area (Å²) < 4.78 is 1.85. The molecule has 1 fully saturated rings. The Kier molecular flexibility index (Phi) is 3.19. The van der Waals surface area contributed by atoms with Crippen molar-refractivity contribution >= 4 is 5.97 Å². The van der Waals surface area contributed by atoms with Gasteiger partial charge in [-0.1, -0.05) is 6.42 Å². The Morgan fingerprint density at radius 3 is 2.82 bits per heavy atom. The molecule has 0 unspecified atom stereocenters. The molecule has 3 N–H and O–H groups in total. The van der Waals surface area contributed by atoms with Gasteiger partial charge in [-0.2, -0.15) is 5.10 Å². The van der Waals surface area contributed by atoms with Crippen LogP contribution in [-0.4, -0.2) is 27.4 Å². The minimum atomic E-state index is -0.719. The number of nitrogens with two attached hydrogens (primary N) is 1. The fourth-order valence-electron chi connectivity index (χ4n) is 2.80. The molecule has 0 amide bonds. The molecule has 0 spiro atoms. The Hall–Kier alpha value is -1.36. The van der Waals surface area contributed by atoms with E-state index in [1.807, 2.05) is 17.7 Å². The van der Waals surface area contributed by atoms with Gasteiger partial charge in [-0.3, -0.25) is 9.48 Å². The summed E-state index contributed by atoms with van der Waals surface area (Å²) in [7, 11) is 0. The van der Waals surface area contributed by atoms with Gasteiger partial charge in [0.1, 0.15) is 0 Å². The molecule has 1 heterocycles. The third-order valence-electron chi connectivity index (χ3n) is 3.98. The number of aromatic nitrogens is 2. The molecule has 17 heavy (non-hydrogen) atoms. The van der Waals surface area contributed by atoms with Crippen LogP contribution in [0.4, 0.5) is 0 Å². The predicted octanol–water partition coefficient (Wildman–Crippen LogP) is 1.20. The number of carboxylic acids is 1. The summed E-state index contributed by atoms with van der Waals surface area (Å²) in [5, 5.41) is 13.7. The molecule has 1 aromatic rings. The standard InChI is InChI=1S/C12H19N3O2/c1-2-15-10(4-7-14-15)9(8-13)12(11(16)17)5-3-6-12/h4,7,9H,2-3,5-6,8,13H2,1H3,(H,16,17)/t9-/m0/s1. The molecule has 1 aliphatic carbocycles. The van der Waals surface area contributed by atoms with Crippen LogP contribution in [0, 0.1) is 5.41 Å². The highest BCUT2D eigenvalue weighted by Gasteiger charge is 2.51. The largest absolute Gasteiger partial charge is 0.481 e. The summed E-state index contributed by atoms with van der Waals surface area (Å²) in [5.41, 5.74) is 6.11. The van der Waals surface area contributed by atoms with E-state index in [1.54, 1.807) is 6.20 Å². The number of carboxylic acid groups (broad SMARTS) is 1. The molecule has 1 aliphatic rings. The molecule has 1 atom stereocenters. The zero-order valence-electron chi connectivity index (χ0n) is 10.1. The third kappa shape index (κ3) is 1.74. The lowest BCUT2D eigenvalue weighted by Gasteiger charge is -2.43. The molecule has 2 rings (SSSR count). The fourth-order valence-corrected chi connectivity index (χ4v) is 2.80. The Bertz CT molecular complexity index is 410. The van der Waals surface area contributed by atoms with Crippen molar-refractivity contribution in [2.24, 2.45) is 11.1 Å². The van der Waals surface area contributed by atoms with Crippen LogP contribution in [0.3, 0.4) is 0 Å². The van der Waals surface area contributed by atoms with E-state index in [1.165, 1.54) is 0 Å². The van der Waals surface area contributed by atoms with E-state index in [4.69, 9.17) is 5.73 Å². The highest BCUT2D eigenvalue weighted by atomic mass is 16.4. The van der Waals surface area contributed by atoms with Crippen molar-refractivity contribution in [2.75, 3.05) is 6.54 Å². The average molecular weight is 237 g/mol. The maximum Gasteiger partial charge on any atom is 0.310 e. The Morgan fingerprint density at radius 1 is 1.71 bits per heavy atom. The zero-order valence-corrected chi connectivity index (χ0v) is 10.1. The topological polar surface area (TPSA) is 81.1 Å². The summed E-state index contributed by atoms with van der Waals surface area (Å²) in [4.78, 5) is 11.5. The van der Waals surface area contributed by atoms with Gasteiger partial charge in [0.25, 0.3) is 0 Å². The molecule has 0 bridgehead atoms. The van der Waals surface area contributed by atoms with Crippen molar-refractivity contribution in [3.63, 3.8) is 0 Å². The summed E-state index contributed by atoms with van der Waals surface area (Å²) in [6.07, 6.45) is 4.14. The smallest absolute Gasteiger partial charge is 0.310 e. The zero-order chi connectivity index (χ0) is 12.5.